The summed E-state index contributed by atoms with van der Waals surface area (Å²) in [6, 6.07) is 0. The van der Waals surface area contributed by atoms with Gasteiger partial charge in [-0.1, -0.05) is 0 Å². The Morgan fingerprint density at radius 1 is 1.31 bits per heavy atom. The molecule has 0 N–H and O–H groups in total. The summed E-state index contributed by atoms with van der Waals surface area (Å²) in [7, 11) is -2.20. The van der Waals surface area contributed by atoms with E-state index >= 15 is 0 Å². The Kier molecular flexibility index (Phi) is 3.10. The number of esters is 1. The van der Waals surface area contributed by atoms with Crippen LogP contribution in [0.3, 0.4) is 0 Å². The smallest absolute Gasteiger partial charge is 0.425 e. The highest BCUT2D eigenvalue weighted by Crippen LogP contribution is 2.28. The molecule has 1 atom stereocenters. The van der Waals surface area contributed by atoms with E-state index < -0.39 is 34.5 Å². The molecule has 1 aliphatic rings. The van der Waals surface area contributed by atoms with E-state index in [2.05, 4.69) is 13.7 Å². The lowest BCUT2D eigenvalue weighted by Crippen LogP contribution is -2.41. The largest absolute Gasteiger partial charge is 0.467 e. The van der Waals surface area contributed by atoms with Gasteiger partial charge in [0.05, 0.1) is 20.8 Å². The molecular formula is C7H11NO7S. The van der Waals surface area contributed by atoms with Crippen LogP contribution in [0, 0.1) is 0 Å². The quantitative estimate of drug-likeness (QED) is 0.567. The summed E-state index contributed by atoms with van der Waals surface area (Å²) >= 11 is 0. The number of rotatable bonds is 1. The van der Waals surface area contributed by atoms with E-state index in [1.807, 2.05) is 0 Å². The molecule has 16 heavy (non-hydrogen) atoms. The van der Waals surface area contributed by atoms with Gasteiger partial charge >= 0.3 is 22.4 Å². The van der Waals surface area contributed by atoms with Crippen LogP contribution in [-0.4, -0.2) is 51.2 Å². The van der Waals surface area contributed by atoms with Gasteiger partial charge in [-0.25, -0.2) is 13.8 Å². The number of nitrogens with zero attached hydrogens (tertiary/aromatic N) is 1. The Labute approximate surface area is 92.3 Å². The second-order valence-corrected chi connectivity index (χ2v) is 4.70. The van der Waals surface area contributed by atoms with Crippen LogP contribution in [-0.2, 0) is 28.8 Å². The predicted molar refractivity (Wildman–Crippen MR) is 49.5 cm³/mol. The van der Waals surface area contributed by atoms with E-state index in [-0.39, 0.29) is 0 Å². The molecule has 0 bridgehead atoms. The number of amides is 1. The van der Waals surface area contributed by atoms with Crippen LogP contribution in [0.4, 0.5) is 4.79 Å². The number of hydrogen-bond donors (Lipinski definition) is 0. The number of ether oxygens (including phenoxy) is 2. The van der Waals surface area contributed by atoms with Crippen molar-refractivity contribution in [2.75, 3.05) is 20.8 Å². The van der Waals surface area contributed by atoms with Gasteiger partial charge in [0, 0.05) is 0 Å². The maximum atomic E-state index is 11.4. The van der Waals surface area contributed by atoms with Gasteiger partial charge in [0.25, 0.3) is 0 Å². The van der Waals surface area contributed by atoms with Crippen molar-refractivity contribution in [1.82, 2.24) is 4.31 Å². The van der Waals surface area contributed by atoms with Crippen LogP contribution in [0.2, 0.25) is 0 Å². The lowest BCUT2D eigenvalue weighted by Gasteiger charge is -2.16. The first kappa shape index (κ1) is 12.7. The number of methoxy groups -OCH3 is 2. The highest BCUT2D eigenvalue weighted by atomic mass is 32.2. The van der Waals surface area contributed by atoms with Gasteiger partial charge in [0.2, 0.25) is 5.60 Å². The molecular weight excluding hydrogens is 242 g/mol. The average molecular weight is 253 g/mol. The van der Waals surface area contributed by atoms with Gasteiger partial charge in [0.1, 0.15) is 0 Å². The first-order chi connectivity index (χ1) is 7.27. The fourth-order valence-electron chi connectivity index (χ4n) is 1.23. The standard InChI is InChI=1S/C7H11NO7S/c1-7(5(9)13-2)4-8(6(10)14-3)16(11,12)15-7/h4H2,1-3H3/t7-/m1/s1. The van der Waals surface area contributed by atoms with E-state index in [9.17, 15) is 18.0 Å². The van der Waals surface area contributed by atoms with Crippen molar-refractivity contribution >= 4 is 22.4 Å². The molecule has 1 amide bonds. The maximum Gasteiger partial charge on any atom is 0.425 e. The Hall–Kier alpha value is -1.35. The van der Waals surface area contributed by atoms with Crippen molar-refractivity contribution < 1.29 is 31.7 Å². The van der Waals surface area contributed by atoms with E-state index in [4.69, 9.17) is 0 Å². The number of carbonyl (C=O) groups excluding carboxylic acids is 2. The van der Waals surface area contributed by atoms with Crippen molar-refractivity contribution in [3.8, 4) is 0 Å². The minimum absolute atomic E-state index is 0.323. The van der Waals surface area contributed by atoms with Crippen LogP contribution in [0.1, 0.15) is 6.92 Å². The molecule has 1 saturated heterocycles. The summed E-state index contributed by atoms with van der Waals surface area (Å²) in [5, 5.41) is 0. The first-order valence-corrected chi connectivity index (χ1v) is 5.53. The second kappa shape index (κ2) is 3.91. The molecule has 0 aromatic carbocycles. The third-order valence-electron chi connectivity index (χ3n) is 2.00. The zero-order valence-electron chi connectivity index (χ0n) is 8.92. The fourth-order valence-corrected chi connectivity index (χ4v) is 2.57. The average Bonchev–Trinajstić information content (AvgIpc) is 2.47. The summed E-state index contributed by atoms with van der Waals surface area (Å²) in [6.07, 6.45) is -1.12. The van der Waals surface area contributed by atoms with Crippen molar-refractivity contribution in [1.29, 1.82) is 0 Å². The zero-order valence-corrected chi connectivity index (χ0v) is 9.74. The molecule has 1 rings (SSSR count). The van der Waals surface area contributed by atoms with Crippen LogP contribution < -0.4 is 0 Å². The molecule has 0 aromatic rings. The van der Waals surface area contributed by atoms with Crippen molar-refractivity contribution in [3.63, 3.8) is 0 Å². The first-order valence-electron chi connectivity index (χ1n) is 4.16. The molecule has 0 aromatic heterocycles. The molecule has 0 saturated carbocycles. The maximum absolute atomic E-state index is 11.4. The lowest BCUT2D eigenvalue weighted by atomic mass is 10.1. The molecule has 0 aliphatic carbocycles. The predicted octanol–water partition coefficient (Wildman–Crippen LogP) is -0.738. The lowest BCUT2D eigenvalue weighted by molar-refractivity contribution is -0.155. The third-order valence-corrected chi connectivity index (χ3v) is 3.40. The number of carbonyl (C=O) groups is 2. The van der Waals surface area contributed by atoms with Crippen LogP contribution in [0.15, 0.2) is 0 Å². The van der Waals surface area contributed by atoms with Crippen LogP contribution in [0.5, 0.6) is 0 Å². The van der Waals surface area contributed by atoms with Crippen molar-refractivity contribution in [3.05, 3.63) is 0 Å². The third kappa shape index (κ3) is 1.95. The Bertz CT molecular complexity index is 416. The molecule has 0 spiro atoms. The van der Waals surface area contributed by atoms with Gasteiger partial charge in [-0.15, -0.1) is 0 Å². The van der Waals surface area contributed by atoms with Crippen molar-refractivity contribution in [2.45, 2.75) is 12.5 Å². The van der Waals surface area contributed by atoms with Gasteiger partial charge in [-0.2, -0.15) is 12.7 Å². The molecule has 92 valence electrons. The van der Waals surface area contributed by atoms with E-state index in [1.54, 1.807) is 0 Å². The SMILES string of the molecule is COC(=O)N1C[C@](C)(C(=O)OC)OS1(=O)=O. The normalized spacial score (nSPS) is 27.6. The Morgan fingerprint density at radius 3 is 2.31 bits per heavy atom. The molecule has 0 radical (unpaired) electrons. The summed E-state index contributed by atoms with van der Waals surface area (Å²) in [5.41, 5.74) is -1.73. The fraction of sp³-hybridized carbons (Fsp3) is 0.714. The minimum Gasteiger partial charge on any atom is -0.467 e. The second-order valence-electron chi connectivity index (χ2n) is 3.24. The van der Waals surface area contributed by atoms with Crippen LogP contribution >= 0.6 is 0 Å². The zero-order chi connectivity index (χ0) is 12.6. The van der Waals surface area contributed by atoms with E-state index in [1.165, 1.54) is 6.92 Å². The van der Waals surface area contributed by atoms with E-state index in [0.29, 0.717) is 4.31 Å². The van der Waals surface area contributed by atoms with Gasteiger partial charge in [-0.3, -0.25) is 0 Å². The Balaban J connectivity index is 3.04. The summed E-state index contributed by atoms with van der Waals surface area (Å²) in [6.45, 7) is 0.730. The molecule has 1 aliphatic heterocycles. The summed E-state index contributed by atoms with van der Waals surface area (Å²) in [5.74, 6) is -0.887. The molecule has 9 heteroatoms. The van der Waals surface area contributed by atoms with Crippen molar-refractivity contribution in [2.24, 2.45) is 0 Å². The highest BCUT2D eigenvalue weighted by Gasteiger charge is 2.54. The summed E-state index contributed by atoms with van der Waals surface area (Å²) in [4.78, 5) is 22.4. The highest BCUT2D eigenvalue weighted by molar-refractivity contribution is 7.85. The number of hydrogen-bond acceptors (Lipinski definition) is 7. The molecule has 1 heterocycles. The topological polar surface area (TPSA) is 99.2 Å². The molecule has 0 unspecified atom stereocenters. The minimum atomic E-state index is -4.30. The van der Waals surface area contributed by atoms with Gasteiger partial charge in [-0.05, 0) is 6.92 Å². The molecule has 1 fully saturated rings. The van der Waals surface area contributed by atoms with Crippen LogP contribution in [0.25, 0.3) is 0 Å². The van der Waals surface area contributed by atoms with Gasteiger partial charge in [0.15, 0.2) is 0 Å². The molecule has 8 nitrogen and oxygen atoms in total. The summed E-state index contributed by atoms with van der Waals surface area (Å²) < 4.78 is 36.3. The van der Waals surface area contributed by atoms with Gasteiger partial charge < -0.3 is 9.47 Å². The monoisotopic (exact) mass is 253 g/mol. The van der Waals surface area contributed by atoms with E-state index in [0.717, 1.165) is 14.2 Å². The Morgan fingerprint density at radius 2 is 1.88 bits per heavy atom.